The van der Waals surface area contributed by atoms with E-state index in [2.05, 4.69) is 193 Å². The van der Waals surface area contributed by atoms with Gasteiger partial charge in [0.1, 0.15) is 0 Å². The van der Waals surface area contributed by atoms with Crippen molar-refractivity contribution in [3.05, 3.63) is 188 Å². The summed E-state index contributed by atoms with van der Waals surface area (Å²) in [5, 5.41) is 9.91. The number of nitrogens with zero attached hydrogens (tertiary/aromatic N) is 1. The largest absolute Gasteiger partial charge is 0.309 e. The molecule has 9 aromatic rings. The van der Waals surface area contributed by atoms with Crippen LogP contribution in [-0.4, -0.2) is 0 Å². The monoisotopic (exact) mass is 597 g/mol. The maximum atomic E-state index is 2.48. The van der Waals surface area contributed by atoms with Crippen LogP contribution in [0.5, 0.6) is 0 Å². The highest BCUT2D eigenvalue weighted by Crippen LogP contribution is 2.47. The van der Waals surface area contributed by atoms with E-state index in [0.717, 1.165) is 17.1 Å². The van der Waals surface area contributed by atoms with E-state index in [1.54, 1.807) is 0 Å². The predicted octanol–water partition coefficient (Wildman–Crippen LogP) is 13.1. The zero-order valence-electron chi connectivity index (χ0n) is 25.8. The van der Waals surface area contributed by atoms with Crippen molar-refractivity contribution in [2.24, 2.45) is 0 Å². The standard InChI is InChI=1S/C46H31N/c1-4-21-37-32(14-1)17-12-27-38(37)34-19-11-20-35(30-34)41-24-9-10-28-44(41)47(45-29-13-18-33-15-2-6-23-40(33)45)46-31-36-16-3-5-22-39(36)42-25-7-8-26-43(42)46/h1-31H. The van der Waals surface area contributed by atoms with Crippen molar-refractivity contribution in [1.82, 2.24) is 0 Å². The van der Waals surface area contributed by atoms with Crippen LogP contribution < -0.4 is 4.90 Å². The molecule has 9 aromatic carbocycles. The van der Waals surface area contributed by atoms with Crippen molar-refractivity contribution >= 4 is 60.2 Å². The molecule has 220 valence electrons. The van der Waals surface area contributed by atoms with E-state index in [1.165, 1.54) is 65.3 Å². The van der Waals surface area contributed by atoms with Crippen molar-refractivity contribution in [3.63, 3.8) is 0 Å². The van der Waals surface area contributed by atoms with Gasteiger partial charge >= 0.3 is 0 Å². The minimum atomic E-state index is 1.14. The molecule has 0 N–H and O–H groups in total. The second kappa shape index (κ2) is 11.3. The molecule has 1 heteroatoms. The zero-order valence-corrected chi connectivity index (χ0v) is 25.8. The molecule has 0 aliphatic rings. The molecule has 0 aliphatic heterocycles. The number of para-hydroxylation sites is 1. The van der Waals surface area contributed by atoms with Crippen LogP contribution in [0.25, 0.3) is 65.3 Å². The van der Waals surface area contributed by atoms with Gasteiger partial charge in [-0.05, 0) is 73.3 Å². The Balaban J connectivity index is 1.33. The molecular weight excluding hydrogens is 567 g/mol. The Morgan fingerprint density at radius 3 is 1.55 bits per heavy atom. The zero-order chi connectivity index (χ0) is 31.2. The fourth-order valence-corrected chi connectivity index (χ4v) is 7.26. The van der Waals surface area contributed by atoms with Gasteiger partial charge in [-0.2, -0.15) is 0 Å². The number of fused-ring (bicyclic) bond motifs is 5. The SMILES string of the molecule is c1cc(-c2ccccc2N(c2cccc3ccccc23)c2cc3ccccc3c3ccccc23)cc(-c2cccc3ccccc23)c1. The summed E-state index contributed by atoms with van der Waals surface area (Å²) < 4.78 is 0. The molecule has 0 spiro atoms. The fraction of sp³-hybridized carbons (Fsp3) is 0. The highest BCUT2D eigenvalue weighted by atomic mass is 15.1. The Kier molecular flexibility index (Phi) is 6.54. The summed E-state index contributed by atoms with van der Waals surface area (Å²) >= 11 is 0. The van der Waals surface area contributed by atoms with Gasteiger partial charge in [-0.3, -0.25) is 0 Å². The van der Waals surface area contributed by atoms with Gasteiger partial charge in [0.05, 0.1) is 17.1 Å². The molecular formula is C46H31N. The Bertz CT molecular complexity index is 2580. The summed E-state index contributed by atoms with van der Waals surface area (Å²) in [6.45, 7) is 0. The van der Waals surface area contributed by atoms with Crippen LogP contribution in [0.3, 0.4) is 0 Å². The van der Waals surface area contributed by atoms with E-state index in [4.69, 9.17) is 0 Å². The summed E-state index contributed by atoms with van der Waals surface area (Å²) in [6.07, 6.45) is 0. The van der Waals surface area contributed by atoms with Crippen LogP contribution in [-0.2, 0) is 0 Å². The first kappa shape index (κ1) is 27.2. The number of benzene rings is 9. The van der Waals surface area contributed by atoms with Gasteiger partial charge in [0, 0.05) is 16.3 Å². The van der Waals surface area contributed by atoms with Gasteiger partial charge < -0.3 is 4.90 Å². The summed E-state index contributed by atoms with van der Waals surface area (Å²) in [7, 11) is 0. The Morgan fingerprint density at radius 1 is 0.255 bits per heavy atom. The first-order valence-corrected chi connectivity index (χ1v) is 16.2. The molecule has 0 atom stereocenters. The number of hydrogen-bond donors (Lipinski definition) is 0. The van der Waals surface area contributed by atoms with Gasteiger partial charge in [-0.1, -0.05) is 164 Å². The minimum absolute atomic E-state index is 1.14. The van der Waals surface area contributed by atoms with E-state index in [-0.39, 0.29) is 0 Å². The van der Waals surface area contributed by atoms with E-state index >= 15 is 0 Å². The van der Waals surface area contributed by atoms with E-state index in [9.17, 15) is 0 Å². The van der Waals surface area contributed by atoms with Crippen LogP contribution in [0, 0.1) is 0 Å². The van der Waals surface area contributed by atoms with Crippen molar-refractivity contribution in [3.8, 4) is 22.3 Å². The summed E-state index contributed by atoms with van der Waals surface area (Å²) in [4.78, 5) is 2.48. The molecule has 9 rings (SSSR count). The fourth-order valence-electron chi connectivity index (χ4n) is 7.26. The van der Waals surface area contributed by atoms with Crippen molar-refractivity contribution in [2.75, 3.05) is 4.90 Å². The van der Waals surface area contributed by atoms with E-state index < -0.39 is 0 Å². The molecule has 0 unspecified atom stereocenters. The highest BCUT2D eigenvalue weighted by molar-refractivity contribution is 6.16. The lowest BCUT2D eigenvalue weighted by Crippen LogP contribution is -2.12. The lowest BCUT2D eigenvalue weighted by molar-refractivity contribution is 1.32. The van der Waals surface area contributed by atoms with Crippen LogP contribution in [0.4, 0.5) is 17.1 Å². The van der Waals surface area contributed by atoms with Gasteiger partial charge in [0.25, 0.3) is 0 Å². The molecule has 1 nitrogen and oxygen atoms in total. The van der Waals surface area contributed by atoms with Gasteiger partial charge in [0.2, 0.25) is 0 Å². The van der Waals surface area contributed by atoms with E-state index in [1.807, 2.05) is 0 Å². The van der Waals surface area contributed by atoms with Gasteiger partial charge in [0.15, 0.2) is 0 Å². The van der Waals surface area contributed by atoms with Crippen LogP contribution >= 0.6 is 0 Å². The molecule has 0 amide bonds. The first-order valence-electron chi connectivity index (χ1n) is 16.2. The van der Waals surface area contributed by atoms with Gasteiger partial charge in [-0.15, -0.1) is 0 Å². The molecule has 0 aromatic heterocycles. The van der Waals surface area contributed by atoms with Crippen LogP contribution in [0.1, 0.15) is 0 Å². The van der Waals surface area contributed by atoms with Crippen molar-refractivity contribution in [2.45, 2.75) is 0 Å². The second-order valence-corrected chi connectivity index (χ2v) is 12.1. The number of hydrogen-bond acceptors (Lipinski definition) is 1. The normalized spacial score (nSPS) is 11.4. The lowest BCUT2D eigenvalue weighted by Gasteiger charge is -2.30. The molecule has 0 fully saturated rings. The van der Waals surface area contributed by atoms with Gasteiger partial charge in [-0.25, -0.2) is 0 Å². The average molecular weight is 598 g/mol. The Morgan fingerprint density at radius 2 is 0.745 bits per heavy atom. The highest BCUT2D eigenvalue weighted by Gasteiger charge is 2.22. The first-order chi connectivity index (χ1) is 23.3. The van der Waals surface area contributed by atoms with Crippen molar-refractivity contribution in [1.29, 1.82) is 0 Å². The number of rotatable bonds is 5. The second-order valence-electron chi connectivity index (χ2n) is 12.1. The topological polar surface area (TPSA) is 3.24 Å². The summed E-state index contributed by atoms with van der Waals surface area (Å²) in [5.41, 5.74) is 8.27. The summed E-state index contributed by atoms with van der Waals surface area (Å²) in [6, 6.07) is 68.3. The average Bonchev–Trinajstić information content (AvgIpc) is 3.15. The van der Waals surface area contributed by atoms with E-state index in [0.29, 0.717) is 0 Å². The van der Waals surface area contributed by atoms with Crippen LogP contribution in [0.15, 0.2) is 188 Å². The third kappa shape index (κ3) is 4.64. The maximum Gasteiger partial charge on any atom is 0.0546 e. The summed E-state index contributed by atoms with van der Waals surface area (Å²) in [5.74, 6) is 0. The third-order valence-electron chi connectivity index (χ3n) is 9.41. The Labute approximate surface area is 274 Å². The lowest BCUT2D eigenvalue weighted by atomic mass is 9.93. The maximum absolute atomic E-state index is 2.48. The minimum Gasteiger partial charge on any atom is -0.309 e. The molecule has 0 bridgehead atoms. The molecule has 0 saturated heterocycles. The molecule has 0 aliphatic carbocycles. The smallest absolute Gasteiger partial charge is 0.0546 e. The molecule has 47 heavy (non-hydrogen) atoms. The molecule has 0 saturated carbocycles. The van der Waals surface area contributed by atoms with Crippen LogP contribution in [0.2, 0.25) is 0 Å². The predicted molar refractivity (Wildman–Crippen MR) is 202 cm³/mol. The number of anilines is 3. The van der Waals surface area contributed by atoms with Crippen molar-refractivity contribution < 1.29 is 0 Å². The molecule has 0 radical (unpaired) electrons. The molecule has 0 heterocycles. The Hall–Kier alpha value is -6.18. The third-order valence-corrected chi connectivity index (χ3v) is 9.41. The quantitative estimate of drug-likeness (QED) is 0.178.